The standard InChI is InChI=1S/C21H25ClO5/c1-25-19-6-3-13(8-21(19)26-2)7-15-9-14(4-5-18(15)22)20-11-16(24)10-17(12-23)27-20/h3-6,8-9,16-17,20,23-24H,7,10-12H2,1-2H3. The summed E-state index contributed by atoms with van der Waals surface area (Å²) in [5.74, 6) is 1.35. The Kier molecular flexibility index (Phi) is 6.60. The number of benzene rings is 2. The summed E-state index contributed by atoms with van der Waals surface area (Å²) in [6, 6.07) is 11.6. The first-order valence-corrected chi connectivity index (χ1v) is 9.35. The third kappa shape index (κ3) is 4.74. The van der Waals surface area contributed by atoms with Crippen molar-refractivity contribution < 1.29 is 24.4 Å². The van der Waals surface area contributed by atoms with E-state index in [9.17, 15) is 10.2 Å². The van der Waals surface area contributed by atoms with Crippen molar-refractivity contribution in [1.82, 2.24) is 0 Å². The summed E-state index contributed by atoms with van der Waals surface area (Å²) >= 11 is 6.42. The fourth-order valence-electron chi connectivity index (χ4n) is 3.46. The first-order chi connectivity index (χ1) is 13.0. The van der Waals surface area contributed by atoms with E-state index < -0.39 is 6.10 Å². The zero-order valence-electron chi connectivity index (χ0n) is 15.5. The number of hydrogen-bond acceptors (Lipinski definition) is 5. The van der Waals surface area contributed by atoms with E-state index in [1.807, 2.05) is 36.4 Å². The van der Waals surface area contributed by atoms with Crippen LogP contribution in [0.2, 0.25) is 5.02 Å². The molecule has 1 aliphatic rings. The highest BCUT2D eigenvalue weighted by molar-refractivity contribution is 6.31. The summed E-state index contributed by atoms with van der Waals surface area (Å²) in [6.45, 7) is -0.0976. The van der Waals surface area contributed by atoms with Crippen LogP contribution < -0.4 is 9.47 Å². The van der Waals surface area contributed by atoms with Crippen LogP contribution in [0.15, 0.2) is 36.4 Å². The minimum Gasteiger partial charge on any atom is -0.493 e. The van der Waals surface area contributed by atoms with Gasteiger partial charge in [-0.2, -0.15) is 0 Å². The number of methoxy groups -OCH3 is 2. The molecule has 146 valence electrons. The molecule has 1 aliphatic heterocycles. The number of rotatable bonds is 6. The van der Waals surface area contributed by atoms with Crippen LogP contribution >= 0.6 is 11.6 Å². The van der Waals surface area contributed by atoms with Crippen LogP contribution in [-0.4, -0.2) is 43.2 Å². The lowest BCUT2D eigenvalue weighted by molar-refractivity contribution is -0.113. The van der Waals surface area contributed by atoms with E-state index in [1.165, 1.54) is 0 Å². The van der Waals surface area contributed by atoms with Gasteiger partial charge >= 0.3 is 0 Å². The zero-order chi connectivity index (χ0) is 19.4. The number of aliphatic hydroxyl groups is 2. The molecule has 2 aromatic rings. The first kappa shape index (κ1) is 20.0. The van der Waals surface area contributed by atoms with Crippen LogP contribution in [0.3, 0.4) is 0 Å². The molecule has 0 amide bonds. The Hall–Kier alpha value is -1.79. The zero-order valence-corrected chi connectivity index (χ0v) is 16.3. The predicted octanol–water partition coefficient (Wildman–Crippen LogP) is 3.52. The smallest absolute Gasteiger partial charge is 0.160 e. The SMILES string of the molecule is COc1ccc(Cc2cc(C3CC(O)CC(CO)O3)ccc2Cl)cc1OC. The van der Waals surface area contributed by atoms with Crippen LogP contribution in [0.1, 0.15) is 35.6 Å². The van der Waals surface area contributed by atoms with Gasteiger partial charge in [-0.25, -0.2) is 0 Å². The van der Waals surface area contributed by atoms with Crippen LogP contribution in [0.4, 0.5) is 0 Å². The quantitative estimate of drug-likeness (QED) is 0.787. The van der Waals surface area contributed by atoms with Crippen molar-refractivity contribution in [1.29, 1.82) is 0 Å². The molecule has 5 nitrogen and oxygen atoms in total. The normalized spacial score (nSPS) is 22.5. The number of ether oxygens (including phenoxy) is 3. The summed E-state index contributed by atoms with van der Waals surface area (Å²) in [5.41, 5.74) is 2.96. The third-order valence-electron chi connectivity index (χ3n) is 4.87. The van der Waals surface area contributed by atoms with Crippen molar-refractivity contribution in [2.24, 2.45) is 0 Å². The molecule has 0 bridgehead atoms. The second kappa shape index (κ2) is 8.93. The summed E-state index contributed by atoms with van der Waals surface area (Å²) in [5, 5.41) is 20.1. The maximum Gasteiger partial charge on any atom is 0.160 e. The van der Waals surface area contributed by atoms with Crippen LogP contribution in [0.25, 0.3) is 0 Å². The summed E-state index contributed by atoms with van der Waals surface area (Å²) < 4.78 is 16.6. The molecule has 0 aromatic heterocycles. The Bertz CT molecular complexity index is 779. The molecule has 3 unspecified atom stereocenters. The van der Waals surface area contributed by atoms with Crippen molar-refractivity contribution in [3.05, 3.63) is 58.1 Å². The molecule has 3 atom stereocenters. The largest absolute Gasteiger partial charge is 0.493 e. The average Bonchev–Trinajstić information content (AvgIpc) is 2.68. The lowest BCUT2D eigenvalue weighted by Crippen LogP contribution is -2.33. The maximum absolute atomic E-state index is 10.1. The monoisotopic (exact) mass is 392 g/mol. The molecule has 1 saturated heterocycles. The molecule has 1 heterocycles. The Morgan fingerprint density at radius 2 is 1.85 bits per heavy atom. The minimum atomic E-state index is -0.481. The van der Waals surface area contributed by atoms with Crippen LogP contribution in [0, 0.1) is 0 Å². The minimum absolute atomic E-state index is 0.0976. The van der Waals surface area contributed by atoms with Crippen LogP contribution in [0.5, 0.6) is 11.5 Å². The first-order valence-electron chi connectivity index (χ1n) is 8.97. The molecule has 0 radical (unpaired) electrons. The molecule has 6 heteroatoms. The van der Waals surface area contributed by atoms with Crippen molar-refractivity contribution in [3.8, 4) is 11.5 Å². The van der Waals surface area contributed by atoms with Gasteiger partial charge in [0.05, 0.1) is 39.1 Å². The summed E-state index contributed by atoms with van der Waals surface area (Å²) in [4.78, 5) is 0. The van der Waals surface area contributed by atoms with Crippen LogP contribution in [-0.2, 0) is 11.2 Å². The van der Waals surface area contributed by atoms with Crippen molar-refractivity contribution in [2.45, 2.75) is 37.6 Å². The lowest BCUT2D eigenvalue weighted by Gasteiger charge is -2.32. The van der Waals surface area contributed by atoms with Gasteiger partial charge in [-0.05, 0) is 41.3 Å². The van der Waals surface area contributed by atoms with E-state index in [1.54, 1.807) is 14.2 Å². The van der Waals surface area contributed by atoms with Gasteiger partial charge in [0.1, 0.15) is 0 Å². The van der Waals surface area contributed by atoms with E-state index in [0.717, 1.165) is 16.7 Å². The maximum atomic E-state index is 10.1. The molecule has 27 heavy (non-hydrogen) atoms. The lowest BCUT2D eigenvalue weighted by atomic mass is 9.94. The summed E-state index contributed by atoms with van der Waals surface area (Å²) in [6.07, 6.45) is 0.514. The molecule has 0 spiro atoms. The van der Waals surface area contributed by atoms with Gasteiger partial charge < -0.3 is 24.4 Å². The van der Waals surface area contributed by atoms with Gasteiger partial charge in [-0.1, -0.05) is 29.8 Å². The Balaban J connectivity index is 1.83. The Morgan fingerprint density at radius 1 is 1.07 bits per heavy atom. The highest BCUT2D eigenvalue weighted by Crippen LogP contribution is 2.34. The molecular formula is C21H25ClO5. The second-order valence-corrected chi connectivity index (χ2v) is 7.18. The highest BCUT2D eigenvalue weighted by Gasteiger charge is 2.29. The molecule has 2 aromatic carbocycles. The van der Waals surface area contributed by atoms with E-state index in [4.69, 9.17) is 25.8 Å². The van der Waals surface area contributed by atoms with Crippen molar-refractivity contribution >= 4 is 11.6 Å². The van der Waals surface area contributed by atoms with E-state index in [2.05, 4.69) is 0 Å². The predicted molar refractivity (Wildman–Crippen MR) is 104 cm³/mol. The Labute approximate surface area is 164 Å². The van der Waals surface area contributed by atoms with Gasteiger partial charge in [0.15, 0.2) is 11.5 Å². The molecule has 0 aliphatic carbocycles. The summed E-state index contributed by atoms with van der Waals surface area (Å²) in [7, 11) is 3.22. The number of aliphatic hydroxyl groups excluding tert-OH is 2. The van der Waals surface area contributed by atoms with Gasteiger partial charge in [0, 0.05) is 17.9 Å². The van der Waals surface area contributed by atoms with E-state index in [-0.39, 0.29) is 18.8 Å². The third-order valence-corrected chi connectivity index (χ3v) is 5.23. The van der Waals surface area contributed by atoms with E-state index >= 15 is 0 Å². The average molecular weight is 393 g/mol. The molecule has 3 rings (SSSR count). The number of hydrogen-bond donors (Lipinski definition) is 2. The van der Waals surface area contributed by atoms with Gasteiger partial charge in [0.25, 0.3) is 0 Å². The highest BCUT2D eigenvalue weighted by atomic mass is 35.5. The van der Waals surface area contributed by atoms with Gasteiger partial charge in [-0.15, -0.1) is 0 Å². The van der Waals surface area contributed by atoms with Crippen molar-refractivity contribution in [3.63, 3.8) is 0 Å². The van der Waals surface area contributed by atoms with Gasteiger partial charge in [0.2, 0.25) is 0 Å². The van der Waals surface area contributed by atoms with E-state index in [0.29, 0.717) is 35.8 Å². The fraction of sp³-hybridized carbons (Fsp3) is 0.429. The Morgan fingerprint density at radius 3 is 2.56 bits per heavy atom. The molecule has 0 saturated carbocycles. The van der Waals surface area contributed by atoms with Crippen molar-refractivity contribution in [2.75, 3.05) is 20.8 Å². The molecule has 1 fully saturated rings. The van der Waals surface area contributed by atoms with Gasteiger partial charge in [-0.3, -0.25) is 0 Å². The fourth-order valence-corrected chi connectivity index (χ4v) is 3.65. The molecular weight excluding hydrogens is 368 g/mol. The number of halogens is 1. The molecule has 2 N–H and O–H groups in total. The topological polar surface area (TPSA) is 68.2 Å². The second-order valence-electron chi connectivity index (χ2n) is 6.77.